The second-order valence-electron chi connectivity index (χ2n) is 5.61. The average molecular weight is 331 g/mol. The summed E-state index contributed by atoms with van der Waals surface area (Å²) in [6, 6.07) is 7.32. The third-order valence-corrected chi connectivity index (χ3v) is 4.14. The van der Waals surface area contributed by atoms with Crippen LogP contribution in [0.1, 0.15) is 23.2 Å². The molecule has 1 aliphatic heterocycles. The number of nitrogens with zero attached hydrogens (tertiary/aromatic N) is 2. The molecule has 0 saturated carbocycles. The number of amides is 1. The second-order valence-corrected chi connectivity index (χ2v) is 5.99. The zero-order chi connectivity index (χ0) is 16.2. The summed E-state index contributed by atoms with van der Waals surface area (Å²) in [5.74, 6) is 0.230. The van der Waals surface area contributed by atoms with E-state index in [2.05, 4.69) is 11.1 Å². The molecular weight excluding hydrogens is 314 g/mol. The van der Waals surface area contributed by atoms with E-state index in [9.17, 15) is 4.79 Å². The first-order valence-corrected chi connectivity index (χ1v) is 7.95. The van der Waals surface area contributed by atoms with Crippen molar-refractivity contribution < 1.29 is 13.9 Å². The molecule has 23 heavy (non-hydrogen) atoms. The zero-order valence-corrected chi connectivity index (χ0v) is 13.4. The molecule has 0 bridgehead atoms. The summed E-state index contributed by atoms with van der Waals surface area (Å²) in [5.41, 5.74) is 1.86. The minimum Gasteiger partial charge on any atom is -0.429 e. The van der Waals surface area contributed by atoms with Crippen molar-refractivity contribution in [1.29, 1.82) is 5.26 Å². The van der Waals surface area contributed by atoms with Gasteiger partial charge in [-0.1, -0.05) is 0 Å². The van der Waals surface area contributed by atoms with Crippen molar-refractivity contribution >= 4 is 29.2 Å². The zero-order valence-electron chi connectivity index (χ0n) is 12.6. The summed E-state index contributed by atoms with van der Waals surface area (Å²) in [5, 5.41) is 8.83. The molecule has 2 aromatic rings. The Hall–Kier alpha value is -2.17. The molecule has 0 spiro atoms. The van der Waals surface area contributed by atoms with Crippen LogP contribution in [0.2, 0.25) is 0 Å². The Morgan fingerprint density at radius 3 is 3.13 bits per heavy atom. The van der Waals surface area contributed by atoms with Crippen LogP contribution in [0.15, 0.2) is 22.6 Å². The third-order valence-electron chi connectivity index (χ3n) is 3.95. The smallest absolute Gasteiger partial charge is 0.266 e. The van der Waals surface area contributed by atoms with Gasteiger partial charge in [-0.15, -0.1) is 0 Å². The van der Waals surface area contributed by atoms with Gasteiger partial charge < -0.3 is 19.0 Å². The monoisotopic (exact) mass is 331 g/mol. The number of carbonyl (C=O) groups is 1. The first kappa shape index (κ1) is 15.7. The van der Waals surface area contributed by atoms with Gasteiger partial charge >= 0.3 is 0 Å². The van der Waals surface area contributed by atoms with Crippen LogP contribution in [0.5, 0.6) is 0 Å². The van der Waals surface area contributed by atoms with E-state index in [1.165, 1.54) is 0 Å². The second kappa shape index (κ2) is 6.94. The number of rotatable bonds is 5. The van der Waals surface area contributed by atoms with Crippen molar-refractivity contribution in [3.05, 3.63) is 28.6 Å². The van der Waals surface area contributed by atoms with Crippen LogP contribution >= 0.6 is 12.2 Å². The number of hydrogen-bond acceptors (Lipinski definition) is 5. The molecule has 1 saturated heterocycles. The minimum absolute atomic E-state index is 0.101. The maximum absolute atomic E-state index is 12.8. The maximum atomic E-state index is 12.8. The summed E-state index contributed by atoms with van der Waals surface area (Å²) in [6.45, 7) is 2.43. The van der Waals surface area contributed by atoms with Gasteiger partial charge in [0.05, 0.1) is 24.6 Å². The van der Waals surface area contributed by atoms with E-state index >= 15 is 0 Å². The van der Waals surface area contributed by atoms with Crippen LogP contribution in [0.3, 0.4) is 0 Å². The van der Waals surface area contributed by atoms with Gasteiger partial charge in [-0.05, 0) is 36.8 Å². The molecule has 3 rings (SSSR count). The molecule has 6 nitrogen and oxygen atoms in total. The number of ether oxygens (including phenoxy) is 1. The van der Waals surface area contributed by atoms with E-state index in [-0.39, 0.29) is 10.7 Å². The standard InChI is InChI=1S/C16H17N3O3S/c17-5-1-6-19(9-11-4-7-21-10-11)15(20)12-2-3-13-14(8-12)22-16(23)18-13/h2-3,8,11H,1,4,6-7,9-10H2,(H,18,23). The summed E-state index contributed by atoms with van der Waals surface area (Å²) in [7, 11) is 0. The third kappa shape index (κ3) is 3.60. The molecule has 1 aliphatic rings. The molecule has 1 aromatic heterocycles. The number of hydrogen-bond donors (Lipinski definition) is 1. The van der Waals surface area contributed by atoms with E-state index in [0.29, 0.717) is 43.2 Å². The Kier molecular flexibility index (Phi) is 4.74. The predicted octanol–water partition coefficient (Wildman–Crippen LogP) is 2.88. The number of fused-ring (bicyclic) bond motifs is 1. The van der Waals surface area contributed by atoms with Gasteiger partial charge in [0, 0.05) is 31.2 Å². The van der Waals surface area contributed by atoms with Crippen LogP contribution in [-0.2, 0) is 4.74 Å². The lowest BCUT2D eigenvalue weighted by Crippen LogP contribution is -2.36. The van der Waals surface area contributed by atoms with Gasteiger partial charge in [-0.3, -0.25) is 4.79 Å². The van der Waals surface area contributed by atoms with Crippen molar-refractivity contribution in [2.75, 3.05) is 26.3 Å². The average Bonchev–Trinajstić information content (AvgIpc) is 3.18. The van der Waals surface area contributed by atoms with Gasteiger partial charge in [0.25, 0.3) is 10.7 Å². The van der Waals surface area contributed by atoms with Crippen molar-refractivity contribution in [2.24, 2.45) is 5.92 Å². The molecule has 1 N–H and O–H groups in total. The Labute approximate surface area is 138 Å². The van der Waals surface area contributed by atoms with Crippen LogP contribution < -0.4 is 0 Å². The maximum Gasteiger partial charge on any atom is 0.266 e. The lowest BCUT2D eigenvalue weighted by molar-refractivity contribution is 0.0724. The highest BCUT2D eigenvalue weighted by molar-refractivity contribution is 7.71. The van der Waals surface area contributed by atoms with Crippen LogP contribution in [0, 0.1) is 22.1 Å². The predicted molar refractivity (Wildman–Crippen MR) is 86.5 cm³/mol. The van der Waals surface area contributed by atoms with Crippen molar-refractivity contribution in [2.45, 2.75) is 12.8 Å². The number of aromatic amines is 1. The normalized spacial score (nSPS) is 17.3. The van der Waals surface area contributed by atoms with Crippen LogP contribution in [0.4, 0.5) is 0 Å². The highest BCUT2D eigenvalue weighted by atomic mass is 32.1. The molecule has 1 aromatic carbocycles. The fourth-order valence-corrected chi connectivity index (χ4v) is 2.96. The van der Waals surface area contributed by atoms with Gasteiger partial charge in [0.1, 0.15) is 0 Å². The van der Waals surface area contributed by atoms with Crippen molar-refractivity contribution in [3.63, 3.8) is 0 Å². The number of oxazole rings is 1. The molecule has 0 aliphatic carbocycles. The Bertz CT molecular complexity index is 799. The number of carbonyl (C=O) groups excluding carboxylic acids is 1. The van der Waals surface area contributed by atoms with E-state index in [0.717, 1.165) is 18.5 Å². The number of H-pyrrole nitrogens is 1. The SMILES string of the molecule is N#CCCN(CC1CCOC1)C(=O)c1ccc2[nH]c(=S)oc2c1. The van der Waals surface area contributed by atoms with E-state index in [4.69, 9.17) is 26.6 Å². The van der Waals surface area contributed by atoms with Crippen LogP contribution in [-0.4, -0.2) is 42.1 Å². The summed E-state index contributed by atoms with van der Waals surface area (Å²) in [6.07, 6.45) is 1.26. The molecule has 0 radical (unpaired) electrons. The number of nitriles is 1. The fourth-order valence-electron chi connectivity index (χ4n) is 2.76. The minimum atomic E-state index is -0.101. The number of benzene rings is 1. The molecular formula is C16H17N3O3S. The fraction of sp³-hybridized carbons (Fsp3) is 0.438. The first-order valence-electron chi connectivity index (χ1n) is 7.54. The molecule has 1 unspecified atom stereocenters. The van der Waals surface area contributed by atoms with Crippen LogP contribution in [0.25, 0.3) is 11.1 Å². The lowest BCUT2D eigenvalue weighted by Gasteiger charge is -2.24. The number of nitrogens with one attached hydrogen (secondary N) is 1. The largest absolute Gasteiger partial charge is 0.429 e. The lowest BCUT2D eigenvalue weighted by atomic mass is 10.1. The quantitative estimate of drug-likeness (QED) is 0.852. The highest BCUT2D eigenvalue weighted by Gasteiger charge is 2.23. The van der Waals surface area contributed by atoms with Gasteiger partial charge in [-0.2, -0.15) is 5.26 Å². The van der Waals surface area contributed by atoms with E-state index < -0.39 is 0 Å². The Balaban J connectivity index is 1.81. The molecule has 1 fully saturated rings. The molecule has 120 valence electrons. The Morgan fingerprint density at radius 1 is 1.52 bits per heavy atom. The number of aromatic nitrogens is 1. The molecule has 7 heteroatoms. The van der Waals surface area contributed by atoms with Gasteiger partial charge in [0.2, 0.25) is 0 Å². The van der Waals surface area contributed by atoms with Gasteiger partial charge in [-0.25, -0.2) is 0 Å². The Morgan fingerprint density at radius 2 is 2.39 bits per heavy atom. The summed E-state index contributed by atoms with van der Waals surface area (Å²) >= 11 is 4.96. The van der Waals surface area contributed by atoms with E-state index in [1.54, 1.807) is 23.1 Å². The summed E-state index contributed by atoms with van der Waals surface area (Å²) < 4.78 is 10.7. The van der Waals surface area contributed by atoms with Gasteiger partial charge in [0.15, 0.2) is 5.58 Å². The topological polar surface area (TPSA) is 82.3 Å². The molecule has 2 heterocycles. The van der Waals surface area contributed by atoms with Crippen molar-refractivity contribution in [1.82, 2.24) is 9.88 Å². The molecule has 1 atom stereocenters. The highest BCUT2D eigenvalue weighted by Crippen LogP contribution is 2.19. The molecule has 1 amide bonds. The first-order chi connectivity index (χ1) is 11.2. The van der Waals surface area contributed by atoms with Crippen molar-refractivity contribution in [3.8, 4) is 6.07 Å². The summed E-state index contributed by atoms with van der Waals surface area (Å²) in [4.78, 5) is 17.7. The van der Waals surface area contributed by atoms with E-state index in [1.807, 2.05) is 0 Å².